The second-order valence-electron chi connectivity index (χ2n) is 4.64. The predicted molar refractivity (Wildman–Crippen MR) is 64.0 cm³/mol. The lowest BCUT2D eigenvalue weighted by atomic mass is 10.1. The van der Waals surface area contributed by atoms with E-state index in [-0.39, 0.29) is 5.92 Å². The lowest BCUT2D eigenvalue weighted by Crippen LogP contribution is -2.30. The first-order valence-electron chi connectivity index (χ1n) is 5.85. The predicted octanol–water partition coefficient (Wildman–Crippen LogP) is 2.81. The van der Waals surface area contributed by atoms with Crippen LogP contribution in [-0.4, -0.2) is 17.8 Å². The van der Waals surface area contributed by atoms with E-state index in [4.69, 9.17) is 0 Å². The minimum absolute atomic E-state index is 0.158. The van der Waals surface area contributed by atoms with E-state index in [1.165, 1.54) is 12.1 Å². The summed E-state index contributed by atoms with van der Waals surface area (Å²) in [7, 11) is 0. The molecule has 0 aliphatic rings. The van der Waals surface area contributed by atoms with Crippen LogP contribution >= 0.6 is 0 Å². The normalized spacial score (nSPS) is 13.9. The molecule has 0 amide bonds. The van der Waals surface area contributed by atoms with Crippen molar-refractivity contribution in [3.8, 4) is 0 Å². The molecule has 0 spiro atoms. The first-order valence-corrected chi connectivity index (χ1v) is 5.85. The van der Waals surface area contributed by atoms with E-state index in [1.807, 2.05) is 13.8 Å². The Balaban J connectivity index is 2.45. The van der Waals surface area contributed by atoms with Gasteiger partial charge in [-0.15, -0.1) is 0 Å². The van der Waals surface area contributed by atoms with Crippen LogP contribution in [0.15, 0.2) is 24.3 Å². The van der Waals surface area contributed by atoms with Crippen LogP contribution in [-0.2, 0) is 12.7 Å². The zero-order chi connectivity index (χ0) is 13.8. The topological polar surface area (TPSA) is 32.3 Å². The Hall–Kier alpha value is -1.07. The summed E-state index contributed by atoms with van der Waals surface area (Å²) in [6, 6.07) is 5.01. The molecule has 0 heterocycles. The second kappa shape index (κ2) is 6.20. The summed E-state index contributed by atoms with van der Waals surface area (Å²) in [5.41, 5.74) is 0.118. The van der Waals surface area contributed by atoms with Gasteiger partial charge in [0.25, 0.3) is 0 Å². The molecule has 2 nitrogen and oxygen atoms in total. The first-order chi connectivity index (χ1) is 8.30. The van der Waals surface area contributed by atoms with E-state index in [0.29, 0.717) is 13.1 Å². The highest BCUT2D eigenvalue weighted by Crippen LogP contribution is 2.28. The van der Waals surface area contributed by atoms with Crippen molar-refractivity contribution in [3.05, 3.63) is 35.4 Å². The summed E-state index contributed by atoms with van der Waals surface area (Å²) < 4.78 is 37.0. The summed E-state index contributed by atoms with van der Waals surface area (Å²) in [5.74, 6) is 0.158. The molecule has 5 heteroatoms. The van der Waals surface area contributed by atoms with Gasteiger partial charge in [-0.1, -0.05) is 26.0 Å². The second-order valence-corrected chi connectivity index (χ2v) is 4.64. The number of aliphatic hydroxyl groups excluding tert-OH is 1. The van der Waals surface area contributed by atoms with E-state index in [9.17, 15) is 18.3 Å². The molecule has 0 fully saturated rings. The van der Waals surface area contributed by atoms with E-state index in [1.54, 1.807) is 0 Å². The molecule has 0 radical (unpaired) electrons. The molecule has 0 aromatic heterocycles. The fraction of sp³-hybridized carbons (Fsp3) is 0.538. The van der Waals surface area contributed by atoms with Gasteiger partial charge in [-0.2, -0.15) is 13.2 Å². The molecule has 0 aliphatic heterocycles. The zero-order valence-electron chi connectivity index (χ0n) is 10.5. The lowest BCUT2D eigenvalue weighted by Gasteiger charge is -2.15. The van der Waals surface area contributed by atoms with Crippen LogP contribution in [0.25, 0.3) is 0 Å². The molecule has 1 unspecified atom stereocenters. The SMILES string of the molecule is CC(C)C(O)CNCc1ccc(C(F)(F)F)cc1. The van der Waals surface area contributed by atoms with Gasteiger partial charge in [0.15, 0.2) is 0 Å². The number of nitrogens with one attached hydrogen (secondary N) is 1. The first kappa shape index (κ1) is 15.0. The smallest absolute Gasteiger partial charge is 0.392 e. The number of benzene rings is 1. The maximum absolute atomic E-state index is 12.3. The van der Waals surface area contributed by atoms with Crippen molar-refractivity contribution in [1.82, 2.24) is 5.32 Å². The summed E-state index contributed by atoms with van der Waals surface area (Å²) in [4.78, 5) is 0. The largest absolute Gasteiger partial charge is 0.416 e. The fourth-order valence-electron chi connectivity index (χ4n) is 1.41. The number of hydrogen-bond donors (Lipinski definition) is 2. The molecule has 18 heavy (non-hydrogen) atoms. The average molecular weight is 261 g/mol. The highest BCUT2D eigenvalue weighted by atomic mass is 19.4. The van der Waals surface area contributed by atoms with Gasteiger partial charge in [0.1, 0.15) is 0 Å². The third-order valence-corrected chi connectivity index (χ3v) is 2.73. The molecular formula is C13H18F3NO. The molecule has 0 saturated heterocycles. The van der Waals surface area contributed by atoms with Crippen LogP contribution in [0.3, 0.4) is 0 Å². The Labute approximate surface area is 105 Å². The van der Waals surface area contributed by atoms with Gasteiger partial charge in [0.05, 0.1) is 11.7 Å². The van der Waals surface area contributed by atoms with Crippen molar-refractivity contribution in [2.24, 2.45) is 5.92 Å². The molecule has 1 aromatic carbocycles. The molecule has 1 aromatic rings. The quantitative estimate of drug-likeness (QED) is 0.854. The van der Waals surface area contributed by atoms with Gasteiger partial charge in [-0.3, -0.25) is 0 Å². The summed E-state index contributed by atoms with van der Waals surface area (Å²) >= 11 is 0. The minimum Gasteiger partial charge on any atom is -0.392 e. The molecule has 0 saturated carbocycles. The Kier molecular flexibility index (Phi) is 5.16. The van der Waals surface area contributed by atoms with Crippen LogP contribution in [0.4, 0.5) is 13.2 Å². The van der Waals surface area contributed by atoms with E-state index in [0.717, 1.165) is 17.7 Å². The third kappa shape index (κ3) is 4.66. The summed E-state index contributed by atoms with van der Waals surface area (Å²) in [6.07, 6.45) is -4.74. The fourth-order valence-corrected chi connectivity index (χ4v) is 1.41. The van der Waals surface area contributed by atoms with Crippen LogP contribution in [0.5, 0.6) is 0 Å². The van der Waals surface area contributed by atoms with Crippen LogP contribution < -0.4 is 5.32 Å². The Bertz CT molecular complexity index is 359. The Morgan fingerprint density at radius 3 is 2.17 bits per heavy atom. The molecule has 2 N–H and O–H groups in total. The lowest BCUT2D eigenvalue weighted by molar-refractivity contribution is -0.137. The number of halogens is 3. The standard InChI is InChI=1S/C13H18F3NO/c1-9(2)12(18)8-17-7-10-3-5-11(6-4-10)13(14,15)16/h3-6,9,12,17-18H,7-8H2,1-2H3. The average Bonchev–Trinajstić information content (AvgIpc) is 2.28. The van der Waals surface area contributed by atoms with Gasteiger partial charge >= 0.3 is 6.18 Å². The maximum Gasteiger partial charge on any atom is 0.416 e. The highest BCUT2D eigenvalue weighted by molar-refractivity contribution is 5.24. The molecular weight excluding hydrogens is 243 g/mol. The Morgan fingerprint density at radius 2 is 1.72 bits per heavy atom. The van der Waals surface area contributed by atoms with Crippen LogP contribution in [0.2, 0.25) is 0 Å². The van der Waals surface area contributed by atoms with E-state index >= 15 is 0 Å². The van der Waals surface area contributed by atoms with Gasteiger partial charge in [-0.25, -0.2) is 0 Å². The van der Waals surface area contributed by atoms with Gasteiger partial charge in [0, 0.05) is 13.1 Å². The number of hydrogen-bond acceptors (Lipinski definition) is 2. The summed E-state index contributed by atoms with van der Waals surface area (Å²) in [6.45, 7) is 4.69. The monoisotopic (exact) mass is 261 g/mol. The van der Waals surface area contributed by atoms with Crippen molar-refractivity contribution >= 4 is 0 Å². The molecule has 102 valence electrons. The van der Waals surface area contributed by atoms with Gasteiger partial charge < -0.3 is 10.4 Å². The van der Waals surface area contributed by atoms with E-state index in [2.05, 4.69) is 5.32 Å². The summed E-state index contributed by atoms with van der Waals surface area (Å²) in [5, 5.41) is 12.6. The van der Waals surface area contributed by atoms with Crippen molar-refractivity contribution in [3.63, 3.8) is 0 Å². The van der Waals surface area contributed by atoms with Gasteiger partial charge in [-0.05, 0) is 23.6 Å². The Morgan fingerprint density at radius 1 is 1.17 bits per heavy atom. The van der Waals surface area contributed by atoms with E-state index < -0.39 is 17.8 Å². The molecule has 0 bridgehead atoms. The third-order valence-electron chi connectivity index (χ3n) is 2.73. The van der Waals surface area contributed by atoms with Crippen LogP contribution in [0.1, 0.15) is 25.0 Å². The maximum atomic E-state index is 12.3. The zero-order valence-corrected chi connectivity index (χ0v) is 10.5. The molecule has 1 atom stereocenters. The van der Waals surface area contributed by atoms with Crippen molar-refractivity contribution < 1.29 is 18.3 Å². The van der Waals surface area contributed by atoms with Crippen molar-refractivity contribution in [1.29, 1.82) is 0 Å². The highest BCUT2D eigenvalue weighted by Gasteiger charge is 2.29. The number of alkyl halides is 3. The number of rotatable bonds is 5. The molecule has 1 rings (SSSR count). The van der Waals surface area contributed by atoms with Crippen molar-refractivity contribution in [2.75, 3.05) is 6.54 Å². The van der Waals surface area contributed by atoms with Crippen molar-refractivity contribution in [2.45, 2.75) is 32.7 Å². The van der Waals surface area contributed by atoms with Crippen LogP contribution in [0, 0.1) is 5.92 Å². The van der Waals surface area contributed by atoms with Gasteiger partial charge in [0.2, 0.25) is 0 Å². The number of aliphatic hydroxyl groups is 1. The molecule has 0 aliphatic carbocycles. The minimum atomic E-state index is -4.29.